The highest BCUT2D eigenvalue weighted by atomic mass is 79.9. The largest absolute Gasteiger partial charge is 0.398 e. The van der Waals surface area contributed by atoms with Crippen molar-refractivity contribution in [2.45, 2.75) is 0 Å². The van der Waals surface area contributed by atoms with Crippen LogP contribution in [0.2, 0.25) is 0 Å². The van der Waals surface area contributed by atoms with Gasteiger partial charge >= 0.3 is 0 Å². The van der Waals surface area contributed by atoms with Crippen LogP contribution in [0.3, 0.4) is 0 Å². The number of hydrogen-bond donors (Lipinski definition) is 2. The second kappa shape index (κ2) is 5.96. The van der Waals surface area contributed by atoms with E-state index in [4.69, 9.17) is 5.73 Å². The Morgan fingerprint density at radius 3 is 2.65 bits per heavy atom. The first-order valence-corrected chi connectivity index (χ1v) is 6.90. The summed E-state index contributed by atoms with van der Waals surface area (Å²) in [5.41, 5.74) is 8.49. The lowest BCUT2D eigenvalue weighted by Gasteiger charge is -2.14. The zero-order valence-corrected chi connectivity index (χ0v) is 12.9. The number of nitrogens with one attached hydrogen (secondary N) is 1. The topological polar surface area (TPSA) is 58.4 Å². The van der Waals surface area contributed by atoms with E-state index in [1.165, 1.54) is 0 Å². The van der Waals surface area contributed by atoms with Gasteiger partial charge in [0, 0.05) is 35.6 Å². The van der Waals surface area contributed by atoms with Crippen LogP contribution in [0.4, 0.5) is 17.1 Å². The summed E-state index contributed by atoms with van der Waals surface area (Å²) in [5.74, 6) is -0.222. The standard InChI is InChI=1S/C15H16BrN3O/c1-19(2)12-5-3-4-11(9-12)18-15(20)13-8-10(16)6-7-14(13)17/h3-9H,17H2,1-2H3,(H,18,20). The molecule has 0 atom stereocenters. The van der Waals surface area contributed by atoms with Crippen molar-refractivity contribution >= 4 is 38.9 Å². The highest BCUT2D eigenvalue weighted by Gasteiger charge is 2.11. The highest BCUT2D eigenvalue weighted by molar-refractivity contribution is 9.10. The van der Waals surface area contributed by atoms with E-state index in [2.05, 4.69) is 21.2 Å². The molecule has 0 aliphatic heterocycles. The lowest BCUT2D eigenvalue weighted by atomic mass is 10.1. The molecule has 0 heterocycles. The number of halogens is 1. The third-order valence-electron chi connectivity index (χ3n) is 2.88. The lowest BCUT2D eigenvalue weighted by molar-refractivity contribution is 0.102. The normalized spacial score (nSPS) is 10.2. The molecule has 5 heteroatoms. The Bertz CT molecular complexity index is 641. The molecule has 3 N–H and O–H groups in total. The molecule has 20 heavy (non-hydrogen) atoms. The third-order valence-corrected chi connectivity index (χ3v) is 3.37. The number of anilines is 3. The number of hydrogen-bond acceptors (Lipinski definition) is 3. The van der Waals surface area contributed by atoms with Crippen LogP contribution in [-0.4, -0.2) is 20.0 Å². The summed E-state index contributed by atoms with van der Waals surface area (Å²) in [7, 11) is 3.90. The molecule has 0 saturated heterocycles. The zero-order valence-electron chi connectivity index (χ0n) is 11.4. The number of nitrogen functional groups attached to an aromatic ring is 1. The van der Waals surface area contributed by atoms with Crippen LogP contribution in [-0.2, 0) is 0 Å². The van der Waals surface area contributed by atoms with Crippen LogP contribution < -0.4 is 16.0 Å². The number of carbonyl (C=O) groups excluding carboxylic acids is 1. The number of carbonyl (C=O) groups is 1. The van der Waals surface area contributed by atoms with Gasteiger partial charge in [-0.2, -0.15) is 0 Å². The predicted molar refractivity (Wildman–Crippen MR) is 87.3 cm³/mol. The third kappa shape index (κ3) is 3.30. The molecule has 2 rings (SSSR count). The predicted octanol–water partition coefficient (Wildman–Crippen LogP) is 3.35. The number of rotatable bonds is 3. The van der Waals surface area contributed by atoms with Gasteiger partial charge in [-0.25, -0.2) is 0 Å². The van der Waals surface area contributed by atoms with Crippen molar-refractivity contribution in [2.75, 3.05) is 30.0 Å². The van der Waals surface area contributed by atoms with E-state index in [1.54, 1.807) is 18.2 Å². The molecule has 0 aliphatic rings. The quantitative estimate of drug-likeness (QED) is 0.847. The molecule has 1 amide bonds. The number of nitrogens with zero attached hydrogens (tertiary/aromatic N) is 1. The van der Waals surface area contributed by atoms with Crippen LogP contribution in [0.25, 0.3) is 0 Å². The smallest absolute Gasteiger partial charge is 0.257 e. The minimum Gasteiger partial charge on any atom is -0.398 e. The van der Waals surface area contributed by atoms with Crippen LogP contribution in [0.5, 0.6) is 0 Å². The van der Waals surface area contributed by atoms with Gasteiger partial charge in [-0.05, 0) is 36.4 Å². The van der Waals surface area contributed by atoms with E-state index in [0.717, 1.165) is 15.8 Å². The average Bonchev–Trinajstić information content (AvgIpc) is 2.41. The van der Waals surface area contributed by atoms with Gasteiger partial charge in [0.05, 0.1) is 5.56 Å². The van der Waals surface area contributed by atoms with Gasteiger partial charge < -0.3 is 16.0 Å². The van der Waals surface area contributed by atoms with Gasteiger partial charge in [0.25, 0.3) is 5.91 Å². The average molecular weight is 334 g/mol. The van der Waals surface area contributed by atoms with Crippen molar-refractivity contribution < 1.29 is 4.79 Å². The molecule has 0 aromatic heterocycles. The summed E-state index contributed by atoms with van der Waals surface area (Å²) in [5, 5.41) is 2.86. The van der Waals surface area contributed by atoms with E-state index in [9.17, 15) is 4.79 Å². The van der Waals surface area contributed by atoms with Crippen molar-refractivity contribution in [3.05, 3.63) is 52.5 Å². The molecular formula is C15H16BrN3O. The van der Waals surface area contributed by atoms with Crippen molar-refractivity contribution in [2.24, 2.45) is 0 Å². The Hall–Kier alpha value is -2.01. The molecule has 0 unspecified atom stereocenters. The second-order valence-corrected chi connectivity index (χ2v) is 5.55. The van der Waals surface area contributed by atoms with E-state index < -0.39 is 0 Å². The SMILES string of the molecule is CN(C)c1cccc(NC(=O)c2cc(Br)ccc2N)c1. The maximum Gasteiger partial charge on any atom is 0.257 e. The molecule has 0 fully saturated rings. The van der Waals surface area contributed by atoms with Crippen molar-refractivity contribution in [3.63, 3.8) is 0 Å². The molecule has 0 radical (unpaired) electrons. The van der Waals surface area contributed by atoms with E-state index >= 15 is 0 Å². The van der Waals surface area contributed by atoms with Crippen molar-refractivity contribution in [1.29, 1.82) is 0 Å². The highest BCUT2D eigenvalue weighted by Crippen LogP contribution is 2.21. The molecular weight excluding hydrogens is 318 g/mol. The van der Waals surface area contributed by atoms with E-state index in [1.807, 2.05) is 43.3 Å². The summed E-state index contributed by atoms with van der Waals surface area (Å²) in [4.78, 5) is 14.2. The van der Waals surface area contributed by atoms with Crippen molar-refractivity contribution in [1.82, 2.24) is 0 Å². The molecule has 0 bridgehead atoms. The minimum absolute atomic E-state index is 0.222. The monoisotopic (exact) mass is 333 g/mol. The molecule has 0 saturated carbocycles. The van der Waals surface area contributed by atoms with Crippen molar-refractivity contribution in [3.8, 4) is 0 Å². The summed E-state index contributed by atoms with van der Waals surface area (Å²) in [6.07, 6.45) is 0. The van der Waals surface area contributed by atoms with Gasteiger partial charge in [-0.15, -0.1) is 0 Å². The van der Waals surface area contributed by atoms with Gasteiger partial charge in [0.15, 0.2) is 0 Å². The van der Waals surface area contributed by atoms with Crippen LogP contribution in [0.1, 0.15) is 10.4 Å². The van der Waals surface area contributed by atoms with Gasteiger partial charge in [-0.3, -0.25) is 4.79 Å². The number of benzene rings is 2. The summed E-state index contributed by atoms with van der Waals surface area (Å²) < 4.78 is 0.818. The Morgan fingerprint density at radius 2 is 1.95 bits per heavy atom. The van der Waals surface area contributed by atoms with Crippen LogP contribution >= 0.6 is 15.9 Å². The first kappa shape index (κ1) is 14.4. The Morgan fingerprint density at radius 1 is 1.20 bits per heavy atom. The fraction of sp³-hybridized carbons (Fsp3) is 0.133. The Kier molecular flexibility index (Phi) is 4.29. The molecule has 104 valence electrons. The molecule has 0 aliphatic carbocycles. The van der Waals surface area contributed by atoms with Gasteiger partial charge in [-0.1, -0.05) is 22.0 Å². The van der Waals surface area contributed by atoms with E-state index in [0.29, 0.717) is 11.3 Å². The molecule has 2 aromatic rings. The maximum absolute atomic E-state index is 12.2. The first-order chi connectivity index (χ1) is 9.47. The Labute approximate surface area is 126 Å². The maximum atomic E-state index is 12.2. The second-order valence-electron chi connectivity index (χ2n) is 4.63. The first-order valence-electron chi connectivity index (χ1n) is 6.11. The zero-order chi connectivity index (χ0) is 14.7. The number of nitrogens with two attached hydrogens (primary N) is 1. The minimum atomic E-state index is -0.222. The molecule has 2 aromatic carbocycles. The van der Waals surface area contributed by atoms with Gasteiger partial charge in [0.1, 0.15) is 0 Å². The van der Waals surface area contributed by atoms with Gasteiger partial charge in [0.2, 0.25) is 0 Å². The fourth-order valence-electron chi connectivity index (χ4n) is 1.79. The van der Waals surface area contributed by atoms with Crippen LogP contribution in [0.15, 0.2) is 46.9 Å². The lowest BCUT2D eigenvalue weighted by Crippen LogP contribution is -2.15. The summed E-state index contributed by atoms with van der Waals surface area (Å²) >= 11 is 3.34. The molecule has 0 spiro atoms. The summed E-state index contributed by atoms with van der Waals surface area (Å²) in [6, 6.07) is 12.8. The summed E-state index contributed by atoms with van der Waals surface area (Å²) in [6.45, 7) is 0. The Balaban J connectivity index is 2.23. The van der Waals surface area contributed by atoms with E-state index in [-0.39, 0.29) is 5.91 Å². The fourth-order valence-corrected chi connectivity index (χ4v) is 2.15. The number of amides is 1. The molecule has 4 nitrogen and oxygen atoms in total. The van der Waals surface area contributed by atoms with Crippen LogP contribution in [0, 0.1) is 0 Å².